The molecule has 2 saturated heterocycles. The zero-order valence-electron chi connectivity index (χ0n) is 38.6. The van der Waals surface area contributed by atoms with E-state index in [-0.39, 0.29) is 49.6 Å². The lowest BCUT2D eigenvalue weighted by Crippen LogP contribution is -2.60. The summed E-state index contributed by atoms with van der Waals surface area (Å²) in [5.74, 6) is -0.461. The van der Waals surface area contributed by atoms with E-state index in [1.165, 1.54) is 29.2 Å². The van der Waals surface area contributed by atoms with Gasteiger partial charge in [-0.25, -0.2) is 23.5 Å². The normalized spacial score (nSPS) is 16.7. The Hall–Kier alpha value is -5.95. The molecule has 2 aliphatic heterocycles. The van der Waals surface area contributed by atoms with Crippen LogP contribution in [0, 0.1) is 0 Å². The van der Waals surface area contributed by atoms with Crippen LogP contribution in [0.15, 0.2) is 108 Å². The summed E-state index contributed by atoms with van der Waals surface area (Å²) < 4.78 is 44.2. The molecule has 4 amide bonds. The van der Waals surface area contributed by atoms with Gasteiger partial charge in [-0.3, -0.25) is 29.3 Å². The van der Waals surface area contributed by atoms with Gasteiger partial charge in [-0.1, -0.05) is 30.3 Å². The summed E-state index contributed by atoms with van der Waals surface area (Å²) in [6, 6.07) is 25.3. The van der Waals surface area contributed by atoms with Gasteiger partial charge in [0, 0.05) is 71.1 Å². The number of rotatable bonds is 21. The summed E-state index contributed by atoms with van der Waals surface area (Å²) in [4.78, 5) is 72.5. The molecule has 2 aliphatic rings. The van der Waals surface area contributed by atoms with Crippen LogP contribution in [-0.2, 0) is 51.6 Å². The number of benzene rings is 2. The van der Waals surface area contributed by atoms with Gasteiger partial charge in [0.05, 0.1) is 16.3 Å². The molecule has 1 unspecified atom stereocenters. The number of likely N-dealkylation sites (tertiary alicyclic amines) is 1. The van der Waals surface area contributed by atoms with Gasteiger partial charge in [-0.05, 0) is 126 Å². The maximum atomic E-state index is 14.6. The predicted octanol–water partition coefficient (Wildman–Crippen LogP) is 6.25. The second-order valence-corrected chi connectivity index (χ2v) is 20.0. The number of sulfone groups is 1. The molecule has 17 nitrogen and oxygen atoms in total. The van der Waals surface area contributed by atoms with Crippen molar-refractivity contribution in [2.75, 3.05) is 32.8 Å². The highest BCUT2D eigenvalue weighted by Crippen LogP contribution is 2.37. The third kappa shape index (κ3) is 15.0. The van der Waals surface area contributed by atoms with Crippen molar-refractivity contribution in [3.05, 3.63) is 115 Å². The maximum Gasteiger partial charge on any atom is 0.408 e. The maximum absolute atomic E-state index is 14.6. The van der Waals surface area contributed by atoms with Crippen LogP contribution in [-0.4, -0.2) is 107 Å². The van der Waals surface area contributed by atoms with Crippen LogP contribution in [0.4, 0.5) is 4.79 Å². The Morgan fingerprint density at radius 1 is 0.851 bits per heavy atom. The van der Waals surface area contributed by atoms with Crippen molar-refractivity contribution in [2.24, 2.45) is 0 Å². The van der Waals surface area contributed by atoms with Crippen LogP contribution in [0.3, 0.4) is 0 Å². The molecule has 2 fully saturated rings. The number of piperidine rings is 1. The Balaban J connectivity index is 1.08. The molecule has 4 heterocycles. The van der Waals surface area contributed by atoms with Gasteiger partial charge >= 0.3 is 6.09 Å². The van der Waals surface area contributed by atoms with Crippen LogP contribution in [0.25, 0.3) is 0 Å². The lowest BCUT2D eigenvalue weighted by Gasteiger charge is -2.41. The summed E-state index contributed by atoms with van der Waals surface area (Å²) in [6.45, 7) is 7.30. The molecule has 0 saturated carbocycles. The fraction of sp³-hybridized carbons (Fsp3) is 0.469. The van der Waals surface area contributed by atoms with Crippen LogP contribution >= 0.6 is 0 Å². The number of nitrogens with zero attached hydrogens (tertiary/aromatic N) is 4. The number of hydrogen-bond acceptors (Lipinski definition) is 13. The Morgan fingerprint density at radius 3 is 2.09 bits per heavy atom. The van der Waals surface area contributed by atoms with E-state index < -0.39 is 50.4 Å². The number of pyridine rings is 2. The van der Waals surface area contributed by atoms with Crippen molar-refractivity contribution in [1.82, 2.24) is 35.9 Å². The largest absolute Gasteiger partial charge is 0.457 e. The molecule has 67 heavy (non-hydrogen) atoms. The fourth-order valence-electron chi connectivity index (χ4n) is 7.89. The minimum atomic E-state index is -4.40. The number of nitrogens with one attached hydrogen (secondary N) is 3. The van der Waals surface area contributed by atoms with Gasteiger partial charge in [-0.2, -0.15) is 0 Å². The number of hydrogen-bond donors (Lipinski definition) is 3. The molecule has 2 aromatic carbocycles. The monoisotopic (exact) mass is 941 g/mol. The van der Waals surface area contributed by atoms with Gasteiger partial charge in [0.2, 0.25) is 11.8 Å². The molecular formula is C49H63N7O10S. The Bertz CT molecular complexity index is 2260. The molecule has 2 atom stereocenters. The number of carbonyl (C=O) groups excluding carboxylic acids is 4. The summed E-state index contributed by atoms with van der Waals surface area (Å²) in [7, 11) is -4.40. The highest BCUT2D eigenvalue weighted by Gasteiger charge is 2.54. The number of alkyl carbamates (subject to hydrolysis) is 1. The van der Waals surface area contributed by atoms with E-state index in [2.05, 4.69) is 31.0 Å². The van der Waals surface area contributed by atoms with Crippen molar-refractivity contribution < 1.29 is 46.6 Å². The average Bonchev–Trinajstić information content (AvgIpc) is 3.32. The third-order valence-electron chi connectivity index (χ3n) is 11.5. The highest BCUT2D eigenvalue weighted by atomic mass is 32.2. The number of carbonyl (C=O) groups is 4. The number of ether oxygens (including phenoxy) is 3. The molecular weight excluding hydrogens is 879 g/mol. The minimum Gasteiger partial charge on any atom is -0.457 e. The lowest BCUT2D eigenvalue weighted by atomic mass is 9.94. The number of aromatic nitrogens is 2. The molecule has 6 rings (SSSR count). The SMILES string of the molecule is CC(C)(C)OC(=O)N[C@@H](CCCCNC(=O)CCN(Cc1ccccn1)Cc1ccccn1)C(=O)N1CCC(C(=O)NOC2CCCCO2)(S(=O)(=O)c2ccc(Oc3ccccc3)cc2)CC1. The molecule has 0 bridgehead atoms. The van der Waals surface area contributed by atoms with Gasteiger partial charge in [0.1, 0.15) is 23.1 Å². The molecule has 0 radical (unpaired) electrons. The topological polar surface area (TPSA) is 208 Å². The molecule has 2 aromatic heterocycles. The van der Waals surface area contributed by atoms with Crippen LogP contribution in [0.1, 0.15) is 89.9 Å². The fourth-order valence-corrected chi connectivity index (χ4v) is 9.84. The van der Waals surface area contributed by atoms with Gasteiger partial charge in [-0.15, -0.1) is 0 Å². The van der Waals surface area contributed by atoms with E-state index in [1.54, 1.807) is 45.3 Å². The van der Waals surface area contributed by atoms with Crippen LogP contribution < -0.4 is 20.9 Å². The van der Waals surface area contributed by atoms with Crippen LogP contribution in [0.5, 0.6) is 11.5 Å². The quantitative estimate of drug-likeness (QED) is 0.0625. The average molecular weight is 942 g/mol. The summed E-state index contributed by atoms with van der Waals surface area (Å²) in [6.07, 6.45) is 5.10. The first-order valence-electron chi connectivity index (χ1n) is 22.9. The van der Waals surface area contributed by atoms with Crippen molar-refractivity contribution in [3.63, 3.8) is 0 Å². The number of amides is 4. The van der Waals surface area contributed by atoms with Crippen molar-refractivity contribution in [1.29, 1.82) is 0 Å². The van der Waals surface area contributed by atoms with Crippen LogP contribution in [0.2, 0.25) is 0 Å². The smallest absolute Gasteiger partial charge is 0.408 e. The van der Waals surface area contributed by atoms with E-state index in [4.69, 9.17) is 19.0 Å². The molecule has 18 heteroatoms. The molecule has 0 spiro atoms. The zero-order valence-corrected chi connectivity index (χ0v) is 39.4. The minimum absolute atomic E-state index is 0.0976. The van der Waals surface area contributed by atoms with E-state index in [1.807, 2.05) is 54.6 Å². The Kier molecular flexibility index (Phi) is 18.2. The Labute approximate surface area is 393 Å². The first-order chi connectivity index (χ1) is 32.2. The first-order valence-corrected chi connectivity index (χ1v) is 24.4. The predicted molar refractivity (Wildman–Crippen MR) is 249 cm³/mol. The zero-order chi connectivity index (χ0) is 47.7. The molecule has 360 valence electrons. The van der Waals surface area contributed by atoms with Crippen molar-refractivity contribution in [2.45, 2.75) is 119 Å². The molecule has 3 N–H and O–H groups in total. The number of hydroxylamine groups is 1. The molecule has 4 aromatic rings. The third-order valence-corrected chi connectivity index (χ3v) is 14.0. The van der Waals surface area contributed by atoms with E-state index >= 15 is 0 Å². The number of unbranched alkanes of at least 4 members (excludes halogenated alkanes) is 1. The van der Waals surface area contributed by atoms with E-state index in [0.29, 0.717) is 63.5 Å². The lowest BCUT2D eigenvalue weighted by molar-refractivity contribution is -0.202. The van der Waals surface area contributed by atoms with Crippen molar-refractivity contribution >= 4 is 33.7 Å². The summed E-state index contributed by atoms with van der Waals surface area (Å²) in [5, 5.41) is 5.69. The van der Waals surface area contributed by atoms with Crippen molar-refractivity contribution in [3.8, 4) is 11.5 Å². The Morgan fingerprint density at radius 2 is 1.49 bits per heavy atom. The van der Waals surface area contributed by atoms with E-state index in [0.717, 1.165) is 24.2 Å². The second kappa shape index (κ2) is 24.2. The summed E-state index contributed by atoms with van der Waals surface area (Å²) in [5.41, 5.74) is 3.32. The first kappa shape index (κ1) is 50.5. The number of para-hydroxylation sites is 1. The standard InChI is InChI=1S/C49H63N7O10S/c1-48(2,3)65-47(60)53-42(19-9-13-30-52-43(57)25-31-55(35-37-15-7-11-28-50-37)36-38-16-8-12-29-51-38)45(58)56-32-26-49(27-33-56,46(59)54-66-44-20-10-14-34-63-44)67(61,62)41-23-21-40(22-24-41)64-39-17-5-4-6-18-39/h4-8,11-12,15-18,21-24,28-29,42,44H,9-10,13-14,19-20,25-27,30-36H2,1-3H3,(H,52,57)(H,53,60)(H,54,59)/t42-,44?/m0/s1. The van der Waals surface area contributed by atoms with E-state index in [9.17, 15) is 27.6 Å². The van der Waals surface area contributed by atoms with Gasteiger partial charge < -0.3 is 29.7 Å². The summed E-state index contributed by atoms with van der Waals surface area (Å²) >= 11 is 0. The van der Waals surface area contributed by atoms with Gasteiger partial charge in [0.15, 0.2) is 20.9 Å². The molecule has 0 aliphatic carbocycles. The second-order valence-electron chi connectivity index (χ2n) is 17.7. The van der Waals surface area contributed by atoms with Gasteiger partial charge in [0.25, 0.3) is 5.91 Å². The highest BCUT2D eigenvalue weighted by molar-refractivity contribution is 7.93.